The maximum atomic E-state index is 13.3. The van der Waals surface area contributed by atoms with Crippen LogP contribution in [0.25, 0.3) is 0 Å². The molecule has 3 nitrogen and oxygen atoms in total. The van der Waals surface area contributed by atoms with Crippen LogP contribution in [0.3, 0.4) is 0 Å². The number of carbonyl (C=O) groups is 1. The smallest absolute Gasteiger partial charge is 0.419 e. The summed E-state index contributed by atoms with van der Waals surface area (Å²) in [6.45, 7) is 0.0568. The van der Waals surface area contributed by atoms with Crippen molar-refractivity contribution in [3.05, 3.63) is 63.9 Å². The predicted molar refractivity (Wildman–Crippen MR) is 85.2 cm³/mol. The quantitative estimate of drug-likeness (QED) is 0.720. The zero-order valence-electron chi connectivity index (χ0n) is 13.3. The van der Waals surface area contributed by atoms with Gasteiger partial charge >= 0.3 is 6.18 Å². The zero-order valence-corrected chi connectivity index (χ0v) is 14.1. The second-order valence-electron chi connectivity index (χ2n) is 5.31. The van der Waals surface area contributed by atoms with Crippen LogP contribution in [0.2, 0.25) is 5.02 Å². The number of rotatable bonds is 4. The second kappa shape index (κ2) is 7.31. The Morgan fingerprint density at radius 1 is 1.20 bits per heavy atom. The first-order chi connectivity index (χ1) is 11.6. The van der Waals surface area contributed by atoms with Gasteiger partial charge in [0.2, 0.25) is 0 Å². The second-order valence-corrected chi connectivity index (χ2v) is 5.75. The monoisotopic (exact) mass is 375 g/mol. The molecule has 0 radical (unpaired) electrons. The van der Waals surface area contributed by atoms with Gasteiger partial charge in [-0.3, -0.25) is 4.79 Å². The molecule has 0 aromatic heterocycles. The maximum absolute atomic E-state index is 13.3. The van der Waals surface area contributed by atoms with E-state index in [0.29, 0.717) is 28.5 Å². The fourth-order valence-electron chi connectivity index (χ4n) is 2.29. The summed E-state index contributed by atoms with van der Waals surface area (Å²) in [5.41, 5.74) is -1.16. The van der Waals surface area contributed by atoms with Crippen LogP contribution < -0.4 is 4.74 Å². The average molecular weight is 376 g/mol. The molecule has 2 rings (SSSR count). The van der Waals surface area contributed by atoms with Gasteiger partial charge in [0, 0.05) is 29.7 Å². The molecule has 0 unspecified atom stereocenters. The van der Waals surface area contributed by atoms with Crippen molar-refractivity contribution in [1.29, 1.82) is 0 Å². The van der Waals surface area contributed by atoms with Crippen LogP contribution in [0.4, 0.5) is 17.6 Å². The standard InChI is InChI=1S/C17H14ClF4NO2/c1-23(9-11-7-12(18)4-6-15(11)25-2)16(24)10-3-5-14(19)13(8-10)17(20,21)22/h3-8H,9H2,1-2H3. The van der Waals surface area contributed by atoms with Crippen molar-refractivity contribution in [2.45, 2.75) is 12.7 Å². The molecule has 0 aliphatic heterocycles. The topological polar surface area (TPSA) is 29.5 Å². The van der Waals surface area contributed by atoms with Crippen molar-refractivity contribution in [3.63, 3.8) is 0 Å². The van der Waals surface area contributed by atoms with E-state index in [1.165, 1.54) is 19.1 Å². The summed E-state index contributed by atoms with van der Waals surface area (Å²) in [5.74, 6) is -1.63. The van der Waals surface area contributed by atoms with Gasteiger partial charge in [0.1, 0.15) is 11.6 Å². The summed E-state index contributed by atoms with van der Waals surface area (Å²) < 4.78 is 56.9. The van der Waals surface area contributed by atoms with E-state index in [-0.39, 0.29) is 12.1 Å². The number of carbonyl (C=O) groups excluding carboxylic acids is 1. The Labute approximate surface area is 146 Å². The fraction of sp³-hybridized carbons (Fsp3) is 0.235. The van der Waals surface area contributed by atoms with Crippen LogP contribution in [-0.2, 0) is 12.7 Å². The predicted octanol–water partition coefficient (Wildman–Crippen LogP) is 4.78. The fourth-order valence-corrected chi connectivity index (χ4v) is 2.49. The van der Waals surface area contributed by atoms with Gasteiger partial charge in [-0.05, 0) is 36.4 Å². The van der Waals surface area contributed by atoms with Gasteiger partial charge < -0.3 is 9.64 Å². The van der Waals surface area contributed by atoms with Gasteiger partial charge in [0.25, 0.3) is 5.91 Å². The Hall–Kier alpha value is -2.28. The normalized spacial score (nSPS) is 11.3. The molecular formula is C17H14ClF4NO2. The van der Waals surface area contributed by atoms with Crippen molar-refractivity contribution in [3.8, 4) is 5.75 Å². The molecule has 0 N–H and O–H groups in total. The van der Waals surface area contributed by atoms with Gasteiger partial charge in [-0.15, -0.1) is 0 Å². The number of amides is 1. The van der Waals surface area contributed by atoms with Gasteiger partial charge in [-0.25, -0.2) is 4.39 Å². The lowest BCUT2D eigenvalue weighted by molar-refractivity contribution is -0.140. The molecule has 0 atom stereocenters. The van der Waals surface area contributed by atoms with Crippen molar-refractivity contribution in [2.75, 3.05) is 14.2 Å². The molecule has 1 amide bonds. The van der Waals surface area contributed by atoms with E-state index in [1.807, 2.05) is 0 Å². The minimum absolute atomic E-state index is 0.0568. The van der Waals surface area contributed by atoms with E-state index in [1.54, 1.807) is 18.2 Å². The molecule has 0 heterocycles. The summed E-state index contributed by atoms with van der Waals surface area (Å²) in [5, 5.41) is 0.429. The molecule has 0 bridgehead atoms. The van der Waals surface area contributed by atoms with Crippen LogP contribution in [-0.4, -0.2) is 25.0 Å². The van der Waals surface area contributed by atoms with Gasteiger partial charge in [0.15, 0.2) is 0 Å². The molecule has 0 spiro atoms. The van der Waals surface area contributed by atoms with E-state index in [2.05, 4.69) is 0 Å². The van der Waals surface area contributed by atoms with E-state index < -0.39 is 23.5 Å². The van der Waals surface area contributed by atoms with E-state index in [9.17, 15) is 22.4 Å². The number of nitrogens with zero attached hydrogens (tertiary/aromatic N) is 1. The third-order valence-corrected chi connectivity index (χ3v) is 3.75. The van der Waals surface area contributed by atoms with Crippen LogP contribution in [0.1, 0.15) is 21.5 Å². The van der Waals surface area contributed by atoms with Crippen molar-refractivity contribution in [2.24, 2.45) is 0 Å². The van der Waals surface area contributed by atoms with Crippen molar-refractivity contribution in [1.82, 2.24) is 4.90 Å². The summed E-state index contributed by atoms with van der Waals surface area (Å²) in [7, 11) is 2.86. The molecular weight excluding hydrogens is 362 g/mol. The number of halogens is 5. The molecule has 0 aliphatic rings. The summed E-state index contributed by atoms with van der Waals surface area (Å²) in [6, 6.07) is 6.97. The van der Waals surface area contributed by atoms with Gasteiger partial charge in [0.05, 0.1) is 12.7 Å². The van der Waals surface area contributed by atoms with Crippen LogP contribution in [0, 0.1) is 5.82 Å². The number of benzene rings is 2. The molecule has 0 saturated carbocycles. The van der Waals surface area contributed by atoms with Crippen LogP contribution in [0.15, 0.2) is 36.4 Å². The Morgan fingerprint density at radius 3 is 2.48 bits per heavy atom. The highest BCUT2D eigenvalue weighted by molar-refractivity contribution is 6.30. The number of methoxy groups -OCH3 is 1. The highest BCUT2D eigenvalue weighted by Gasteiger charge is 2.35. The third-order valence-electron chi connectivity index (χ3n) is 3.52. The van der Waals surface area contributed by atoms with E-state index in [0.717, 1.165) is 6.07 Å². The summed E-state index contributed by atoms with van der Waals surface area (Å²) in [6.07, 6.45) is -4.88. The minimum Gasteiger partial charge on any atom is -0.496 e. The first-order valence-corrected chi connectivity index (χ1v) is 7.46. The molecule has 8 heteroatoms. The minimum atomic E-state index is -4.88. The lowest BCUT2D eigenvalue weighted by Crippen LogP contribution is -2.27. The van der Waals surface area contributed by atoms with Crippen LogP contribution >= 0.6 is 11.6 Å². The molecule has 0 saturated heterocycles. The van der Waals surface area contributed by atoms with E-state index in [4.69, 9.17) is 16.3 Å². The Kier molecular flexibility index (Phi) is 5.57. The largest absolute Gasteiger partial charge is 0.496 e. The van der Waals surface area contributed by atoms with E-state index >= 15 is 0 Å². The van der Waals surface area contributed by atoms with Crippen LogP contribution in [0.5, 0.6) is 5.75 Å². The Morgan fingerprint density at radius 2 is 1.88 bits per heavy atom. The zero-order chi connectivity index (χ0) is 18.8. The number of hydrogen-bond acceptors (Lipinski definition) is 2. The third kappa shape index (κ3) is 4.42. The Balaban J connectivity index is 2.28. The first-order valence-electron chi connectivity index (χ1n) is 7.08. The number of hydrogen-bond donors (Lipinski definition) is 0. The van der Waals surface area contributed by atoms with Crippen molar-refractivity contribution >= 4 is 17.5 Å². The number of alkyl halides is 3. The molecule has 0 fully saturated rings. The lowest BCUT2D eigenvalue weighted by Gasteiger charge is -2.20. The maximum Gasteiger partial charge on any atom is 0.419 e. The summed E-state index contributed by atoms with van der Waals surface area (Å²) >= 11 is 5.92. The molecule has 25 heavy (non-hydrogen) atoms. The molecule has 0 aliphatic carbocycles. The first kappa shape index (κ1) is 19.1. The molecule has 2 aromatic carbocycles. The van der Waals surface area contributed by atoms with Gasteiger partial charge in [-0.2, -0.15) is 13.2 Å². The number of ether oxygens (including phenoxy) is 1. The van der Waals surface area contributed by atoms with Crippen molar-refractivity contribution < 1.29 is 27.1 Å². The molecule has 2 aromatic rings. The van der Waals surface area contributed by atoms with Gasteiger partial charge in [-0.1, -0.05) is 11.6 Å². The highest BCUT2D eigenvalue weighted by atomic mass is 35.5. The SMILES string of the molecule is COc1ccc(Cl)cc1CN(C)C(=O)c1ccc(F)c(C(F)(F)F)c1. The lowest BCUT2D eigenvalue weighted by atomic mass is 10.1. The Bertz CT molecular complexity index is 793. The summed E-state index contributed by atoms with van der Waals surface area (Å²) in [4.78, 5) is 13.6. The average Bonchev–Trinajstić information content (AvgIpc) is 2.53. The molecule has 134 valence electrons. The highest BCUT2D eigenvalue weighted by Crippen LogP contribution is 2.32.